The molecule has 2 rings (SSSR count). The molecule has 110 valence electrons. The van der Waals surface area contributed by atoms with Gasteiger partial charge in [0.1, 0.15) is 5.82 Å². The molecular weight excluding hydrogens is 255 g/mol. The zero-order valence-electron chi connectivity index (χ0n) is 12.0. The highest BCUT2D eigenvalue weighted by Crippen LogP contribution is 2.23. The summed E-state index contributed by atoms with van der Waals surface area (Å²) in [5.74, 6) is 0.396. The Balaban J connectivity index is 1.92. The number of rotatable bonds is 4. The van der Waals surface area contributed by atoms with E-state index < -0.39 is 0 Å². The molecule has 0 bridgehead atoms. The van der Waals surface area contributed by atoms with Gasteiger partial charge in [0, 0.05) is 25.6 Å². The smallest absolute Gasteiger partial charge is 0.223 e. The molecular formula is C16H23FN2O. The molecule has 0 aliphatic carbocycles. The first kappa shape index (κ1) is 15.0. The van der Waals surface area contributed by atoms with Crippen LogP contribution in [-0.4, -0.2) is 29.9 Å². The lowest BCUT2D eigenvalue weighted by Gasteiger charge is -2.39. The maximum absolute atomic E-state index is 12.8. The van der Waals surface area contributed by atoms with Gasteiger partial charge in [-0.25, -0.2) is 4.39 Å². The molecule has 3 nitrogen and oxygen atoms in total. The molecule has 20 heavy (non-hydrogen) atoms. The molecule has 2 atom stereocenters. The van der Waals surface area contributed by atoms with Gasteiger partial charge in [-0.05, 0) is 42.9 Å². The zero-order chi connectivity index (χ0) is 14.5. The largest absolute Gasteiger partial charge is 0.338 e. The van der Waals surface area contributed by atoms with Crippen LogP contribution < -0.4 is 5.73 Å². The van der Waals surface area contributed by atoms with Crippen LogP contribution in [0.4, 0.5) is 4.39 Å². The predicted octanol–water partition coefficient (Wildman–Crippen LogP) is 2.34. The summed E-state index contributed by atoms with van der Waals surface area (Å²) in [5, 5.41) is 0. The van der Waals surface area contributed by atoms with Crippen LogP contribution in [0, 0.1) is 11.7 Å². The summed E-state index contributed by atoms with van der Waals surface area (Å²) >= 11 is 0. The highest BCUT2D eigenvalue weighted by molar-refractivity contribution is 5.77. The molecule has 0 unspecified atom stereocenters. The molecule has 0 aromatic heterocycles. The van der Waals surface area contributed by atoms with Gasteiger partial charge >= 0.3 is 0 Å². The number of hydrogen-bond donors (Lipinski definition) is 1. The van der Waals surface area contributed by atoms with E-state index in [9.17, 15) is 9.18 Å². The molecule has 4 heteroatoms. The number of carbonyl (C=O) groups excluding carboxylic acids is 1. The van der Waals surface area contributed by atoms with Gasteiger partial charge in [-0.1, -0.05) is 19.1 Å². The molecule has 1 aliphatic heterocycles. The van der Waals surface area contributed by atoms with Crippen LogP contribution in [0.2, 0.25) is 0 Å². The van der Waals surface area contributed by atoms with Crippen LogP contribution in [0.3, 0.4) is 0 Å². The Bertz CT molecular complexity index is 446. The molecule has 0 saturated carbocycles. The Hall–Kier alpha value is -1.42. The first-order valence-corrected chi connectivity index (χ1v) is 7.36. The quantitative estimate of drug-likeness (QED) is 0.919. The predicted molar refractivity (Wildman–Crippen MR) is 77.7 cm³/mol. The van der Waals surface area contributed by atoms with Crippen molar-refractivity contribution in [2.75, 3.05) is 13.1 Å². The fourth-order valence-electron chi connectivity index (χ4n) is 2.96. The van der Waals surface area contributed by atoms with Crippen molar-refractivity contribution >= 4 is 5.91 Å². The van der Waals surface area contributed by atoms with Gasteiger partial charge in [0.05, 0.1) is 0 Å². The van der Waals surface area contributed by atoms with E-state index in [0.717, 1.165) is 24.9 Å². The fraction of sp³-hybridized carbons (Fsp3) is 0.562. The third-order valence-corrected chi connectivity index (χ3v) is 4.22. The summed E-state index contributed by atoms with van der Waals surface area (Å²) in [5.41, 5.74) is 6.80. The topological polar surface area (TPSA) is 46.3 Å². The Morgan fingerprint density at radius 1 is 1.40 bits per heavy atom. The van der Waals surface area contributed by atoms with E-state index in [1.54, 1.807) is 12.1 Å². The van der Waals surface area contributed by atoms with Gasteiger partial charge < -0.3 is 10.6 Å². The molecule has 1 saturated heterocycles. The molecule has 1 aromatic rings. The molecule has 2 N–H and O–H groups in total. The first-order valence-electron chi connectivity index (χ1n) is 7.36. The molecule has 1 heterocycles. The van der Waals surface area contributed by atoms with Crippen LogP contribution in [0.1, 0.15) is 31.7 Å². The minimum absolute atomic E-state index is 0.163. The Morgan fingerprint density at radius 2 is 2.10 bits per heavy atom. The highest BCUT2D eigenvalue weighted by Gasteiger charge is 2.30. The van der Waals surface area contributed by atoms with Gasteiger partial charge in [0.25, 0.3) is 0 Å². The van der Waals surface area contributed by atoms with E-state index in [1.165, 1.54) is 12.1 Å². The molecule has 1 amide bonds. The minimum Gasteiger partial charge on any atom is -0.338 e. The van der Waals surface area contributed by atoms with E-state index in [-0.39, 0.29) is 17.8 Å². The number of piperidine rings is 1. The number of amides is 1. The average Bonchev–Trinajstić information content (AvgIpc) is 2.46. The molecule has 1 aromatic carbocycles. The highest BCUT2D eigenvalue weighted by atomic mass is 19.1. The van der Waals surface area contributed by atoms with Crippen LogP contribution >= 0.6 is 0 Å². The molecule has 0 radical (unpaired) electrons. The monoisotopic (exact) mass is 278 g/mol. The number of nitrogens with zero attached hydrogens (tertiary/aromatic N) is 1. The van der Waals surface area contributed by atoms with Crippen molar-refractivity contribution < 1.29 is 9.18 Å². The lowest BCUT2D eigenvalue weighted by molar-refractivity contribution is -0.136. The number of hydrogen-bond acceptors (Lipinski definition) is 2. The lowest BCUT2D eigenvalue weighted by atomic mass is 9.90. The average molecular weight is 278 g/mol. The Kier molecular flexibility index (Phi) is 5.12. The van der Waals surface area contributed by atoms with Crippen LogP contribution in [0.15, 0.2) is 24.3 Å². The summed E-state index contributed by atoms with van der Waals surface area (Å²) in [6.45, 7) is 3.51. The van der Waals surface area contributed by atoms with Crippen LogP contribution in [0.25, 0.3) is 0 Å². The van der Waals surface area contributed by atoms with Crippen molar-refractivity contribution in [1.82, 2.24) is 4.90 Å². The summed E-state index contributed by atoms with van der Waals surface area (Å²) < 4.78 is 12.8. The summed E-state index contributed by atoms with van der Waals surface area (Å²) in [4.78, 5) is 14.3. The third kappa shape index (κ3) is 3.57. The number of benzene rings is 1. The number of carbonyl (C=O) groups is 1. The SMILES string of the molecule is C[C@@H]1CCCN(C(=O)CCc2ccc(F)cc2)[C@H]1CN. The van der Waals surface area contributed by atoms with Crippen molar-refractivity contribution in [3.8, 4) is 0 Å². The number of halogens is 1. The van der Waals surface area contributed by atoms with E-state index >= 15 is 0 Å². The molecule has 1 fully saturated rings. The van der Waals surface area contributed by atoms with Crippen molar-refractivity contribution in [3.63, 3.8) is 0 Å². The fourth-order valence-corrected chi connectivity index (χ4v) is 2.96. The van der Waals surface area contributed by atoms with Gasteiger partial charge in [0.2, 0.25) is 5.91 Å². The Morgan fingerprint density at radius 3 is 2.75 bits per heavy atom. The maximum Gasteiger partial charge on any atom is 0.223 e. The van der Waals surface area contributed by atoms with Crippen molar-refractivity contribution in [3.05, 3.63) is 35.6 Å². The third-order valence-electron chi connectivity index (χ3n) is 4.22. The van der Waals surface area contributed by atoms with Crippen molar-refractivity contribution in [1.29, 1.82) is 0 Å². The van der Waals surface area contributed by atoms with Crippen molar-refractivity contribution in [2.45, 2.75) is 38.6 Å². The van der Waals surface area contributed by atoms with Crippen LogP contribution in [-0.2, 0) is 11.2 Å². The lowest BCUT2D eigenvalue weighted by Crippen LogP contribution is -2.51. The number of likely N-dealkylation sites (tertiary alicyclic amines) is 1. The second kappa shape index (κ2) is 6.84. The summed E-state index contributed by atoms with van der Waals surface area (Å²) in [6, 6.07) is 6.52. The summed E-state index contributed by atoms with van der Waals surface area (Å²) in [6.07, 6.45) is 3.32. The second-order valence-corrected chi connectivity index (χ2v) is 5.64. The van der Waals surface area contributed by atoms with Crippen molar-refractivity contribution in [2.24, 2.45) is 11.7 Å². The van der Waals surface area contributed by atoms with Crippen LogP contribution in [0.5, 0.6) is 0 Å². The normalized spacial score (nSPS) is 22.9. The molecule has 0 spiro atoms. The maximum atomic E-state index is 12.8. The van der Waals surface area contributed by atoms with Gasteiger partial charge in [-0.3, -0.25) is 4.79 Å². The van der Waals surface area contributed by atoms with E-state index in [4.69, 9.17) is 5.73 Å². The van der Waals surface area contributed by atoms with Gasteiger partial charge in [0.15, 0.2) is 0 Å². The number of aryl methyl sites for hydroxylation is 1. The first-order chi connectivity index (χ1) is 9.61. The minimum atomic E-state index is -0.242. The zero-order valence-corrected chi connectivity index (χ0v) is 12.0. The standard InChI is InChI=1S/C16H23FN2O/c1-12-3-2-10-19(15(12)11-18)16(20)9-6-13-4-7-14(17)8-5-13/h4-5,7-8,12,15H,2-3,6,9-11,18H2,1H3/t12-,15+/m1/s1. The van der Waals surface area contributed by atoms with E-state index in [2.05, 4.69) is 6.92 Å². The van der Waals surface area contributed by atoms with E-state index in [1.807, 2.05) is 4.90 Å². The number of nitrogens with two attached hydrogens (primary N) is 1. The van der Waals surface area contributed by atoms with Gasteiger partial charge in [-0.2, -0.15) is 0 Å². The second-order valence-electron chi connectivity index (χ2n) is 5.64. The van der Waals surface area contributed by atoms with E-state index in [0.29, 0.717) is 25.3 Å². The Labute approximate surface area is 120 Å². The van der Waals surface area contributed by atoms with Gasteiger partial charge in [-0.15, -0.1) is 0 Å². The molecule has 1 aliphatic rings. The summed E-state index contributed by atoms with van der Waals surface area (Å²) in [7, 11) is 0.